The molecular formula is C15H20FNO. The van der Waals surface area contributed by atoms with Gasteiger partial charge in [0.25, 0.3) is 0 Å². The van der Waals surface area contributed by atoms with Gasteiger partial charge in [-0.3, -0.25) is 9.69 Å². The Hall–Kier alpha value is -1.22. The van der Waals surface area contributed by atoms with E-state index in [9.17, 15) is 9.18 Å². The highest BCUT2D eigenvalue weighted by molar-refractivity contribution is 5.96. The van der Waals surface area contributed by atoms with Crippen LogP contribution >= 0.6 is 0 Å². The molecule has 1 saturated heterocycles. The Morgan fingerprint density at radius 1 is 1.44 bits per heavy atom. The molecule has 98 valence electrons. The minimum atomic E-state index is -0.407. The Morgan fingerprint density at radius 3 is 2.94 bits per heavy atom. The van der Waals surface area contributed by atoms with E-state index in [0.29, 0.717) is 12.5 Å². The van der Waals surface area contributed by atoms with Gasteiger partial charge in [-0.15, -0.1) is 0 Å². The quantitative estimate of drug-likeness (QED) is 0.746. The smallest absolute Gasteiger partial charge is 0.167 e. The predicted molar refractivity (Wildman–Crippen MR) is 70.2 cm³/mol. The van der Waals surface area contributed by atoms with E-state index < -0.39 is 5.82 Å². The van der Waals surface area contributed by atoms with E-state index >= 15 is 0 Å². The maximum Gasteiger partial charge on any atom is 0.167 e. The van der Waals surface area contributed by atoms with E-state index in [-0.39, 0.29) is 11.3 Å². The zero-order chi connectivity index (χ0) is 13.0. The predicted octanol–water partition coefficient (Wildman–Crippen LogP) is 3.27. The standard InChI is InChI=1S/C15H20FNO/c1-2-12-6-5-10-17(12)11-9-15(18)13-7-3-4-8-14(13)16/h3-4,7-8,12H,2,5-6,9-11H2,1H3. The number of Topliss-reactive ketones (excluding diaryl/α,β-unsaturated/α-hetero) is 1. The van der Waals surface area contributed by atoms with Crippen molar-refractivity contribution in [3.63, 3.8) is 0 Å². The van der Waals surface area contributed by atoms with Gasteiger partial charge in [0.05, 0.1) is 5.56 Å². The van der Waals surface area contributed by atoms with E-state index in [2.05, 4.69) is 11.8 Å². The molecule has 1 aliphatic heterocycles. The molecular weight excluding hydrogens is 229 g/mol. The average molecular weight is 249 g/mol. The number of halogens is 1. The number of benzene rings is 1. The van der Waals surface area contributed by atoms with Crippen LogP contribution in [0, 0.1) is 5.82 Å². The molecule has 0 N–H and O–H groups in total. The lowest BCUT2D eigenvalue weighted by Gasteiger charge is -2.22. The van der Waals surface area contributed by atoms with Gasteiger partial charge >= 0.3 is 0 Å². The fraction of sp³-hybridized carbons (Fsp3) is 0.533. The molecule has 0 aromatic heterocycles. The molecule has 0 amide bonds. The maximum atomic E-state index is 13.4. The van der Waals surface area contributed by atoms with Crippen molar-refractivity contribution in [1.29, 1.82) is 0 Å². The van der Waals surface area contributed by atoms with Crippen molar-refractivity contribution in [2.45, 2.75) is 38.6 Å². The van der Waals surface area contributed by atoms with Gasteiger partial charge in [-0.1, -0.05) is 19.1 Å². The third-order valence-corrected chi connectivity index (χ3v) is 3.77. The van der Waals surface area contributed by atoms with Crippen LogP contribution in [0.4, 0.5) is 4.39 Å². The number of ketones is 1. The molecule has 1 unspecified atom stereocenters. The van der Waals surface area contributed by atoms with Crippen LogP contribution in [0.25, 0.3) is 0 Å². The second-order valence-corrected chi connectivity index (χ2v) is 4.89. The summed E-state index contributed by atoms with van der Waals surface area (Å²) in [6, 6.07) is 6.84. The largest absolute Gasteiger partial charge is 0.300 e. The Balaban J connectivity index is 1.91. The minimum Gasteiger partial charge on any atom is -0.300 e. The number of hydrogen-bond acceptors (Lipinski definition) is 2. The first kappa shape index (κ1) is 13.2. The number of carbonyl (C=O) groups excluding carboxylic acids is 1. The first-order valence-corrected chi connectivity index (χ1v) is 6.74. The molecule has 0 saturated carbocycles. The zero-order valence-corrected chi connectivity index (χ0v) is 10.9. The number of nitrogens with zero attached hydrogens (tertiary/aromatic N) is 1. The zero-order valence-electron chi connectivity index (χ0n) is 10.9. The average Bonchev–Trinajstić information content (AvgIpc) is 2.84. The van der Waals surface area contributed by atoms with Crippen molar-refractivity contribution >= 4 is 5.78 Å². The second kappa shape index (κ2) is 6.10. The fourth-order valence-electron chi connectivity index (χ4n) is 2.72. The van der Waals surface area contributed by atoms with Gasteiger partial charge in [-0.05, 0) is 37.9 Å². The maximum absolute atomic E-state index is 13.4. The molecule has 0 spiro atoms. The van der Waals surface area contributed by atoms with Crippen molar-refractivity contribution in [1.82, 2.24) is 4.90 Å². The molecule has 18 heavy (non-hydrogen) atoms. The third kappa shape index (κ3) is 2.96. The van der Waals surface area contributed by atoms with Crippen molar-refractivity contribution in [2.24, 2.45) is 0 Å². The molecule has 1 fully saturated rings. The van der Waals surface area contributed by atoms with Gasteiger partial charge in [0.15, 0.2) is 5.78 Å². The molecule has 0 bridgehead atoms. The first-order chi connectivity index (χ1) is 8.72. The molecule has 0 aliphatic carbocycles. The highest BCUT2D eigenvalue weighted by Crippen LogP contribution is 2.20. The Kier molecular flexibility index (Phi) is 4.48. The van der Waals surface area contributed by atoms with Crippen molar-refractivity contribution in [3.05, 3.63) is 35.6 Å². The van der Waals surface area contributed by atoms with Gasteiger partial charge in [0, 0.05) is 19.0 Å². The monoisotopic (exact) mass is 249 g/mol. The van der Waals surface area contributed by atoms with Crippen LogP contribution < -0.4 is 0 Å². The van der Waals surface area contributed by atoms with E-state index in [0.717, 1.165) is 19.5 Å². The summed E-state index contributed by atoms with van der Waals surface area (Å²) in [5.74, 6) is -0.495. The van der Waals surface area contributed by atoms with Crippen LogP contribution in [0.5, 0.6) is 0 Å². The van der Waals surface area contributed by atoms with Gasteiger partial charge in [-0.25, -0.2) is 4.39 Å². The van der Waals surface area contributed by atoms with E-state index in [4.69, 9.17) is 0 Å². The highest BCUT2D eigenvalue weighted by atomic mass is 19.1. The van der Waals surface area contributed by atoms with E-state index in [1.807, 2.05) is 0 Å². The summed E-state index contributed by atoms with van der Waals surface area (Å²) in [4.78, 5) is 14.3. The van der Waals surface area contributed by atoms with Crippen LogP contribution in [0.15, 0.2) is 24.3 Å². The third-order valence-electron chi connectivity index (χ3n) is 3.77. The minimum absolute atomic E-state index is 0.0881. The number of rotatable bonds is 5. The molecule has 1 aromatic rings. The van der Waals surface area contributed by atoms with E-state index in [1.165, 1.54) is 18.9 Å². The first-order valence-electron chi connectivity index (χ1n) is 6.74. The molecule has 3 heteroatoms. The molecule has 1 aromatic carbocycles. The SMILES string of the molecule is CCC1CCCN1CCC(=O)c1ccccc1F. The lowest BCUT2D eigenvalue weighted by molar-refractivity contribution is 0.0956. The summed E-state index contributed by atoms with van der Waals surface area (Å²) < 4.78 is 13.4. The highest BCUT2D eigenvalue weighted by Gasteiger charge is 2.23. The summed E-state index contributed by atoms with van der Waals surface area (Å²) in [5, 5.41) is 0. The van der Waals surface area contributed by atoms with Gasteiger partial charge in [-0.2, -0.15) is 0 Å². The van der Waals surface area contributed by atoms with E-state index in [1.54, 1.807) is 18.2 Å². The van der Waals surface area contributed by atoms with Crippen LogP contribution in [0.1, 0.15) is 43.0 Å². The van der Waals surface area contributed by atoms with Crippen molar-refractivity contribution < 1.29 is 9.18 Å². The molecule has 1 aliphatic rings. The summed E-state index contributed by atoms with van der Waals surface area (Å²) in [5.41, 5.74) is 0.227. The number of carbonyl (C=O) groups is 1. The van der Waals surface area contributed by atoms with Gasteiger partial charge < -0.3 is 0 Å². The summed E-state index contributed by atoms with van der Waals surface area (Å²) in [6.07, 6.45) is 3.99. The van der Waals surface area contributed by atoms with Gasteiger partial charge in [0.1, 0.15) is 5.82 Å². The normalized spacial score (nSPS) is 20.2. The Bertz CT molecular complexity index is 419. The van der Waals surface area contributed by atoms with Crippen molar-refractivity contribution in [3.8, 4) is 0 Å². The van der Waals surface area contributed by atoms with Crippen LogP contribution in [0.2, 0.25) is 0 Å². The summed E-state index contributed by atoms with van der Waals surface area (Å²) >= 11 is 0. The van der Waals surface area contributed by atoms with Crippen LogP contribution in [-0.4, -0.2) is 29.8 Å². The summed E-state index contributed by atoms with van der Waals surface area (Å²) in [6.45, 7) is 4.01. The Labute approximate surface area is 108 Å². The van der Waals surface area contributed by atoms with Crippen molar-refractivity contribution in [2.75, 3.05) is 13.1 Å². The van der Waals surface area contributed by atoms with Crippen LogP contribution in [0.3, 0.4) is 0 Å². The second-order valence-electron chi connectivity index (χ2n) is 4.89. The van der Waals surface area contributed by atoms with Crippen LogP contribution in [-0.2, 0) is 0 Å². The topological polar surface area (TPSA) is 20.3 Å². The molecule has 2 rings (SSSR count). The lowest BCUT2D eigenvalue weighted by Crippen LogP contribution is -2.31. The van der Waals surface area contributed by atoms with Gasteiger partial charge in [0.2, 0.25) is 0 Å². The molecule has 1 heterocycles. The Morgan fingerprint density at radius 2 is 2.22 bits per heavy atom. The molecule has 2 nitrogen and oxygen atoms in total. The summed E-state index contributed by atoms with van der Waals surface area (Å²) in [7, 11) is 0. The molecule has 1 atom stereocenters. The number of hydrogen-bond donors (Lipinski definition) is 0. The molecule has 0 radical (unpaired) electrons. The number of likely N-dealkylation sites (tertiary alicyclic amines) is 1. The fourth-order valence-corrected chi connectivity index (χ4v) is 2.72. The lowest BCUT2D eigenvalue weighted by atomic mass is 10.1.